The van der Waals surface area contributed by atoms with Crippen molar-refractivity contribution in [3.8, 4) is 0 Å². The summed E-state index contributed by atoms with van der Waals surface area (Å²) in [5.74, 6) is 0.701. The Kier molecular flexibility index (Phi) is 9.72. The van der Waals surface area contributed by atoms with Gasteiger partial charge >= 0.3 is 5.97 Å². The SMILES string of the molecule is COC(=O)[C@@H]1O[C@H](COPI)[C@H](C)[C@H](C)[C@H]1C.[V]. The summed E-state index contributed by atoms with van der Waals surface area (Å²) in [7, 11) is 1.40. The summed E-state index contributed by atoms with van der Waals surface area (Å²) in [5, 5.41) is 0. The molecule has 4 nitrogen and oxygen atoms in total. The van der Waals surface area contributed by atoms with Gasteiger partial charge in [0, 0.05) is 18.6 Å². The van der Waals surface area contributed by atoms with E-state index in [9.17, 15) is 4.79 Å². The van der Waals surface area contributed by atoms with Crippen LogP contribution in [0.2, 0.25) is 0 Å². The maximum atomic E-state index is 11.7. The van der Waals surface area contributed by atoms with E-state index >= 15 is 0 Å². The number of hydrogen-bond acceptors (Lipinski definition) is 4. The first-order chi connectivity index (χ1) is 8.02. The van der Waals surface area contributed by atoms with E-state index in [0.29, 0.717) is 24.9 Å². The fraction of sp³-hybridized carbons (Fsp3) is 0.909. The molecule has 0 spiro atoms. The number of hydrogen-bond donors (Lipinski definition) is 0. The average molecular weight is 425 g/mol. The molecule has 0 amide bonds. The van der Waals surface area contributed by atoms with Crippen molar-refractivity contribution in [1.29, 1.82) is 0 Å². The number of carbonyl (C=O) groups is 1. The largest absolute Gasteiger partial charge is 0.467 e. The Labute approximate surface area is 136 Å². The molecule has 1 radical (unpaired) electrons. The quantitative estimate of drug-likeness (QED) is 0.395. The van der Waals surface area contributed by atoms with Gasteiger partial charge in [-0.25, -0.2) is 4.79 Å². The zero-order chi connectivity index (χ0) is 13.0. The van der Waals surface area contributed by atoms with Crippen LogP contribution in [-0.2, 0) is 37.3 Å². The number of esters is 1. The summed E-state index contributed by atoms with van der Waals surface area (Å²) in [6.45, 7) is 7.32. The summed E-state index contributed by atoms with van der Waals surface area (Å²) in [4.78, 5) is 11.7. The molecule has 1 aliphatic heterocycles. The van der Waals surface area contributed by atoms with Crippen molar-refractivity contribution in [3.05, 3.63) is 0 Å². The summed E-state index contributed by atoms with van der Waals surface area (Å²) in [6.07, 6.45) is -0.482. The Hall–Kier alpha value is 1.13. The van der Waals surface area contributed by atoms with Crippen LogP contribution in [-0.4, -0.2) is 31.9 Å². The molecule has 1 unspecified atom stereocenters. The van der Waals surface area contributed by atoms with Gasteiger partial charge < -0.3 is 14.0 Å². The molecule has 0 aromatic rings. The van der Waals surface area contributed by atoms with E-state index in [2.05, 4.69) is 35.9 Å². The molecular weight excluding hydrogens is 405 g/mol. The van der Waals surface area contributed by atoms with Gasteiger partial charge in [-0.1, -0.05) is 20.8 Å². The predicted molar refractivity (Wildman–Crippen MR) is 76.5 cm³/mol. The Morgan fingerprint density at radius 1 is 1.28 bits per heavy atom. The molecule has 1 aliphatic rings. The summed E-state index contributed by atoms with van der Waals surface area (Å²) >= 11 is 2.18. The van der Waals surface area contributed by atoms with Gasteiger partial charge in [0.2, 0.25) is 0 Å². The van der Waals surface area contributed by atoms with Gasteiger partial charge in [-0.3, -0.25) is 0 Å². The first-order valence-electron chi connectivity index (χ1n) is 5.73. The van der Waals surface area contributed by atoms with Crippen molar-refractivity contribution in [2.75, 3.05) is 13.7 Å². The van der Waals surface area contributed by atoms with Gasteiger partial charge in [-0.05, 0) is 39.8 Å². The van der Waals surface area contributed by atoms with E-state index in [1.165, 1.54) is 7.11 Å². The smallest absolute Gasteiger partial charge is 0.335 e. The Morgan fingerprint density at radius 2 is 1.89 bits per heavy atom. The second-order valence-corrected chi connectivity index (χ2v) is 6.35. The van der Waals surface area contributed by atoms with Crippen LogP contribution in [0.4, 0.5) is 0 Å². The van der Waals surface area contributed by atoms with Crippen LogP contribution in [0.3, 0.4) is 0 Å². The molecule has 6 atom stereocenters. The Morgan fingerprint density at radius 3 is 2.39 bits per heavy atom. The van der Waals surface area contributed by atoms with Crippen LogP contribution in [0.25, 0.3) is 0 Å². The topological polar surface area (TPSA) is 44.8 Å². The number of carbonyl (C=O) groups excluding carboxylic acids is 1. The van der Waals surface area contributed by atoms with Gasteiger partial charge in [0.05, 0.1) is 26.3 Å². The third kappa shape index (κ3) is 4.60. The molecule has 0 N–H and O–H groups in total. The number of halogens is 1. The Bertz CT molecular complexity index is 269. The molecule has 1 rings (SSSR count). The first kappa shape index (κ1) is 19.1. The van der Waals surface area contributed by atoms with E-state index in [1.807, 2.05) is 6.92 Å². The van der Waals surface area contributed by atoms with E-state index in [0.717, 1.165) is 0 Å². The minimum Gasteiger partial charge on any atom is -0.467 e. The molecule has 1 fully saturated rings. The molecular formula is C11H20IO4PV. The summed E-state index contributed by atoms with van der Waals surface area (Å²) in [5.41, 5.74) is 0. The zero-order valence-corrected chi connectivity index (χ0v) is 15.6. The van der Waals surface area contributed by atoms with Crippen LogP contribution in [0.1, 0.15) is 20.8 Å². The monoisotopic (exact) mass is 425 g/mol. The van der Waals surface area contributed by atoms with E-state index < -0.39 is 6.10 Å². The van der Waals surface area contributed by atoms with Crippen LogP contribution in [0.5, 0.6) is 0 Å². The first-order valence-corrected chi connectivity index (χ1v) is 9.75. The van der Waals surface area contributed by atoms with Crippen molar-refractivity contribution < 1.29 is 37.3 Å². The number of rotatable bonds is 4. The van der Waals surface area contributed by atoms with E-state index in [-0.39, 0.29) is 36.5 Å². The van der Waals surface area contributed by atoms with Crippen molar-refractivity contribution in [1.82, 2.24) is 0 Å². The molecule has 0 aromatic carbocycles. The normalized spacial score (nSPS) is 36.4. The van der Waals surface area contributed by atoms with Gasteiger partial charge in [-0.2, -0.15) is 0 Å². The van der Waals surface area contributed by atoms with Gasteiger partial charge in [0.25, 0.3) is 0 Å². The molecule has 105 valence electrons. The third-order valence-corrected chi connectivity index (χ3v) is 4.99. The number of methoxy groups -OCH3 is 1. The second-order valence-electron chi connectivity index (χ2n) is 4.58. The molecule has 18 heavy (non-hydrogen) atoms. The second kappa shape index (κ2) is 9.14. The van der Waals surface area contributed by atoms with Crippen LogP contribution in [0, 0.1) is 17.8 Å². The molecule has 7 heteroatoms. The maximum absolute atomic E-state index is 11.7. The number of ether oxygens (including phenoxy) is 2. The summed E-state index contributed by atoms with van der Waals surface area (Å²) < 4.78 is 16.1. The van der Waals surface area contributed by atoms with Crippen LogP contribution in [0.15, 0.2) is 0 Å². The van der Waals surface area contributed by atoms with Crippen molar-refractivity contribution in [3.63, 3.8) is 0 Å². The third-order valence-electron chi connectivity index (χ3n) is 3.78. The molecule has 0 aromatic heterocycles. The fourth-order valence-electron chi connectivity index (χ4n) is 2.22. The molecule has 0 aliphatic carbocycles. The van der Waals surface area contributed by atoms with E-state index in [4.69, 9.17) is 14.0 Å². The van der Waals surface area contributed by atoms with Gasteiger partial charge in [0.15, 0.2) is 6.10 Å². The minimum absolute atomic E-state index is 0. The van der Waals surface area contributed by atoms with Crippen LogP contribution < -0.4 is 0 Å². The zero-order valence-electron chi connectivity index (χ0n) is 11.1. The van der Waals surface area contributed by atoms with Crippen molar-refractivity contribution in [2.24, 2.45) is 17.8 Å². The van der Waals surface area contributed by atoms with Gasteiger partial charge in [0.1, 0.15) is 0 Å². The molecule has 0 bridgehead atoms. The average Bonchev–Trinajstić information content (AvgIpc) is 2.34. The fourth-order valence-corrected chi connectivity index (χ4v) is 2.99. The minimum atomic E-state index is -0.461. The van der Waals surface area contributed by atoms with Crippen LogP contribution >= 0.6 is 28.5 Å². The molecule has 1 saturated heterocycles. The van der Waals surface area contributed by atoms with Crippen molar-refractivity contribution in [2.45, 2.75) is 33.0 Å². The molecule has 0 saturated carbocycles. The maximum Gasteiger partial charge on any atom is 0.335 e. The standard InChI is InChI=1S/C11H20IO4P.V/c1-6-7(2)9(5-15-17-12)16-10(8(6)3)11(13)14-4;/h6-10,17H,5H2,1-4H3;/t6-,7+,8+,9+,10+;/m0./s1. The van der Waals surface area contributed by atoms with Crippen molar-refractivity contribution >= 4 is 34.5 Å². The van der Waals surface area contributed by atoms with E-state index in [1.54, 1.807) is 0 Å². The van der Waals surface area contributed by atoms with Gasteiger partial charge in [-0.15, -0.1) is 0 Å². The summed E-state index contributed by atoms with van der Waals surface area (Å²) in [6, 6.07) is 0. The Balaban J connectivity index is 0.00000289. The predicted octanol–water partition coefficient (Wildman–Crippen LogP) is 2.79. The molecule has 1 heterocycles.